The van der Waals surface area contributed by atoms with Crippen molar-refractivity contribution in [2.24, 2.45) is 0 Å². The highest BCUT2D eigenvalue weighted by Crippen LogP contribution is 2.17. The Hall–Kier alpha value is -2.99. The number of nitrogens with zero attached hydrogens (tertiary/aromatic N) is 1. The number of carbonyl (C=O) groups excluding carboxylic acids is 2. The number of nitrogens with one attached hydrogen (secondary N) is 2. The second-order valence-corrected chi connectivity index (χ2v) is 6.70. The second kappa shape index (κ2) is 8.40. The lowest BCUT2D eigenvalue weighted by Crippen LogP contribution is -2.28. The quantitative estimate of drug-likeness (QED) is 0.698. The maximum atomic E-state index is 12.2. The van der Waals surface area contributed by atoms with Crippen LogP contribution in [0.1, 0.15) is 34.6 Å². The van der Waals surface area contributed by atoms with Gasteiger partial charge in [-0.1, -0.05) is 48.5 Å². The first kappa shape index (κ1) is 17.8. The molecule has 5 nitrogen and oxygen atoms in total. The summed E-state index contributed by atoms with van der Waals surface area (Å²) in [5.41, 5.74) is 2.25. The van der Waals surface area contributed by atoms with Gasteiger partial charge in [-0.2, -0.15) is 0 Å². The standard InChI is InChI=1S/C20H19N3O2S/c1-14(15-8-4-2-5-9-15)21-18(24)12-17-13-26-20(22-17)23-19(25)16-10-6-3-7-11-16/h2-11,13-14H,12H2,1H3,(H,21,24)(H,22,23,25)/t14-/m0/s1. The van der Waals surface area contributed by atoms with E-state index in [-0.39, 0.29) is 24.3 Å². The Morgan fingerprint density at radius 3 is 2.38 bits per heavy atom. The highest BCUT2D eigenvalue weighted by atomic mass is 32.1. The molecule has 2 amide bonds. The van der Waals surface area contributed by atoms with E-state index in [0.29, 0.717) is 16.4 Å². The lowest BCUT2D eigenvalue weighted by atomic mass is 10.1. The Labute approximate surface area is 156 Å². The van der Waals surface area contributed by atoms with Gasteiger partial charge in [-0.3, -0.25) is 14.9 Å². The lowest BCUT2D eigenvalue weighted by Gasteiger charge is -2.13. The average Bonchev–Trinajstić information content (AvgIpc) is 3.09. The lowest BCUT2D eigenvalue weighted by molar-refractivity contribution is -0.121. The van der Waals surface area contributed by atoms with Crippen molar-refractivity contribution in [3.05, 3.63) is 82.9 Å². The number of carbonyl (C=O) groups is 2. The summed E-state index contributed by atoms with van der Waals surface area (Å²) in [7, 11) is 0. The minimum Gasteiger partial charge on any atom is -0.349 e. The summed E-state index contributed by atoms with van der Waals surface area (Å²) in [6, 6.07) is 18.7. The number of thiazole rings is 1. The smallest absolute Gasteiger partial charge is 0.257 e. The van der Waals surface area contributed by atoms with Gasteiger partial charge in [-0.25, -0.2) is 4.98 Å². The van der Waals surface area contributed by atoms with Gasteiger partial charge < -0.3 is 5.32 Å². The van der Waals surface area contributed by atoms with Gasteiger partial charge in [0.15, 0.2) is 5.13 Å². The van der Waals surface area contributed by atoms with Crippen molar-refractivity contribution in [2.45, 2.75) is 19.4 Å². The maximum absolute atomic E-state index is 12.2. The number of amides is 2. The Kier molecular flexibility index (Phi) is 5.76. The van der Waals surface area contributed by atoms with E-state index in [0.717, 1.165) is 5.56 Å². The third-order valence-corrected chi connectivity index (χ3v) is 4.63. The topological polar surface area (TPSA) is 71.1 Å². The summed E-state index contributed by atoms with van der Waals surface area (Å²) in [6.07, 6.45) is 0.175. The van der Waals surface area contributed by atoms with Crippen molar-refractivity contribution in [3.8, 4) is 0 Å². The Bertz CT molecular complexity index is 878. The van der Waals surface area contributed by atoms with E-state index in [2.05, 4.69) is 15.6 Å². The van der Waals surface area contributed by atoms with Gasteiger partial charge in [0.05, 0.1) is 18.2 Å². The normalized spacial score (nSPS) is 11.6. The summed E-state index contributed by atoms with van der Waals surface area (Å²) in [6.45, 7) is 1.94. The third kappa shape index (κ3) is 4.77. The zero-order chi connectivity index (χ0) is 18.4. The van der Waals surface area contributed by atoms with Crippen LogP contribution in [0.4, 0.5) is 5.13 Å². The second-order valence-electron chi connectivity index (χ2n) is 5.84. The molecule has 2 aromatic carbocycles. The molecule has 0 saturated heterocycles. The van der Waals surface area contributed by atoms with Crippen LogP contribution in [-0.4, -0.2) is 16.8 Å². The number of aromatic nitrogens is 1. The molecular weight excluding hydrogens is 346 g/mol. The molecule has 1 heterocycles. The highest BCUT2D eigenvalue weighted by Gasteiger charge is 2.13. The van der Waals surface area contributed by atoms with Crippen LogP contribution in [0.2, 0.25) is 0 Å². The van der Waals surface area contributed by atoms with Gasteiger partial charge in [0, 0.05) is 10.9 Å². The first-order valence-electron chi connectivity index (χ1n) is 8.27. The molecule has 0 saturated carbocycles. The molecule has 3 aromatic rings. The molecule has 1 atom stereocenters. The van der Waals surface area contributed by atoms with Crippen molar-refractivity contribution in [1.82, 2.24) is 10.3 Å². The number of hydrogen-bond acceptors (Lipinski definition) is 4. The van der Waals surface area contributed by atoms with Crippen LogP contribution >= 0.6 is 11.3 Å². The van der Waals surface area contributed by atoms with Crippen LogP contribution in [0.5, 0.6) is 0 Å². The largest absolute Gasteiger partial charge is 0.349 e. The van der Waals surface area contributed by atoms with Gasteiger partial charge in [0.25, 0.3) is 5.91 Å². The van der Waals surface area contributed by atoms with Crippen LogP contribution in [0, 0.1) is 0 Å². The molecule has 0 spiro atoms. The molecule has 0 aliphatic rings. The van der Waals surface area contributed by atoms with Crippen LogP contribution in [-0.2, 0) is 11.2 Å². The summed E-state index contributed by atoms with van der Waals surface area (Å²) in [5, 5.41) is 7.98. The average molecular weight is 365 g/mol. The van der Waals surface area contributed by atoms with E-state index < -0.39 is 0 Å². The number of rotatable bonds is 6. The van der Waals surface area contributed by atoms with Crippen LogP contribution in [0.25, 0.3) is 0 Å². The fourth-order valence-electron chi connectivity index (χ4n) is 2.49. The van der Waals surface area contributed by atoms with E-state index >= 15 is 0 Å². The molecule has 0 aliphatic carbocycles. The maximum Gasteiger partial charge on any atom is 0.257 e. The fraction of sp³-hybridized carbons (Fsp3) is 0.150. The van der Waals surface area contributed by atoms with Crippen molar-refractivity contribution in [1.29, 1.82) is 0 Å². The molecule has 3 rings (SSSR count). The Morgan fingerprint density at radius 1 is 1.04 bits per heavy atom. The van der Waals surface area contributed by atoms with Crippen LogP contribution in [0.3, 0.4) is 0 Å². The minimum absolute atomic E-state index is 0.0698. The SMILES string of the molecule is C[C@H](NC(=O)Cc1csc(NC(=O)c2ccccc2)n1)c1ccccc1. The van der Waals surface area contributed by atoms with Crippen molar-refractivity contribution < 1.29 is 9.59 Å². The molecule has 0 radical (unpaired) electrons. The van der Waals surface area contributed by atoms with Gasteiger partial charge >= 0.3 is 0 Å². The van der Waals surface area contributed by atoms with Gasteiger partial charge in [0.2, 0.25) is 5.91 Å². The van der Waals surface area contributed by atoms with Gasteiger partial charge in [-0.05, 0) is 24.6 Å². The Balaban J connectivity index is 1.55. The molecule has 2 N–H and O–H groups in total. The van der Waals surface area contributed by atoms with Crippen LogP contribution < -0.4 is 10.6 Å². The Morgan fingerprint density at radius 2 is 1.69 bits per heavy atom. The van der Waals surface area contributed by atoms with Crippen molar-refractivity contribution in [2.75, 3.05) is 5.32 Å². The number of anilines is 1. The molecule has 6 heteroatoms. The molecular formula is C20H19N3O2S. The summed E-state index contributed by atoms with van der Waals surface area (Å²) >= 11 is 1.31. The first-order chi connectivity index (χ1) is 12.6. The predicted octanol–water partition coefficient (Wildman–Crippen LogP) is 3.82. The predicted molar refractivity (Wildman–Crippen MR) is 103 cm³/mol. The molecule has 0 fully saturated rings. The van der Waals surface area contributed by atoms with Crippen molar-refractivity contribution >= 4 is 28.3 Å². The molecule has 26 heavy (non-hydrogen) atoms. The molecule has 132 valence electrons. The van der Waals surface area contributed by atoms with Crippen LogP contribution in [0.15, 0.2) is 66.0 Å². The summed E-state index contributed by atoms with van der Waals surface area (Å²) < 4.78 is 0. The zero-order valence-electron chi connectivity index (χ0n) is 14.3. The number of benzene rings is 2. The summed E-state index contributed by atoms with van der Waals surface area (Å²) in [4.78, 5) is 28.7. The van der Waals surface area contributed by atoms with E-state index in [9.17, 15) is 9.59 Å². The fourth-order valence-corrected chi connectivity index (χ4v) is 3.19. The van der Waals surface area contributed by atoms with Gasteiger partial charge in [-0.15, -0.1) is 11.3 Å². The highest BCUT2D eigenvalue weighted by molar-refractivity contribution is 7.14. The minimum atomic E-state index is -0.214. The first-order valence-corrected chi connectivity index (χ1v) is 9.15. The third-order valence-electron chi connectivity index (χ3n) is 3.83. The molecule has 0 unspecified atom stereocenters. The number of hydrogen-bond donors (Lipinski definition) is 2. The van der Waals surface area contributed by atoms with Gasteiger partial charge in [0.1, 0.15) is 0 Å². The zero-order valence-corrected chi connectivity index (χ0v) is 15.1. The molecule has 0 bridgehead atoms. The van der Waals surface area contributed by atoms with Crippen molar-refractivity contribution in [3.63, 3.8) is 0 Å². The monoisotopic (exact) mass is 365 g/mol. The van der Waals surface area contributed by atoms with E-state index in [4.69, 9.17) is 0 Å². The molecule has 0 aliphatic heterocycles. The van der Waals surface area contributed by atoms with E-state index in [1.807, 2.05) is 43.3 Å². The van der Waals surface area contributed by atoms with E-state index in [1.54, 1.807) is 29.6 Å². The molecule has 1 aromatic heterocycles. The summed E-state index contributed by atoms with van der Waals surface area (Å²) in [5.74, 6) is -0.318. The van der Waals surface area contributed by atoms with E-state index in [1.165, 1.54) is 11.3 Å².